The molecule has 112 valence electrons. The van der Waals surface area contributed by atoms with Crippen LogP contribution in [0, 0.1) is 0 Å². The largest absolute Gasteiger partial charge is 0.378 e. The van der Waals surface area contributed by atoms with Crippen molar-refractivity contribution in [2.75, 3.05) is 23.3 Å². The molecule has 0 radical (unpaired) electrons. The topological polar surface area (TPSA) is 81.7 Å². The Balaban J connectivity index is 1.83. The molecule has 6 nitrogen and oxygen atoms in total. The van der Waals surface area contributed by atoms with Crippen molar-refractivity contribution in [3.8, 4) is 0 Å². The quantitative estimate of drug-likeness (QED) is 0.744. The third kappa shape index (κ3) is 2.63. The number of nitrogens with zero attached hydrogens (tertiary/aromatic N) is 1. The predicted octanol–water partition coefficient (Wildman–Crippen LogP) is 1.15. The van der Waals surface area contributed by atoms with Crippen LogP contribution in [0.25, 0.3) is 0 Å². The molecule has 0 saturated carbocycles. The molecule has 21 heavy (non-hydrogen) atoms. The van der Waals surface area contributed by atoms with Crippen LogP contribution in [0.15, 0.2) is 16.6 Å². The van der Waals surface area contributed by atoms with Gasteiger partial charge in [0, 0.05) is 41.8 Å². The standard InChI is InChI=1S/C14H16BrN3O3/c1-7(19)16-8-2-3-18(6-8)12-5-11-9(4-10(12)15)13(20)14(21)17-11/h4-5,8,13,20H,2-3,6H2,1H3,(H,16,19)(H,17,21). The summed E-state index contributed by atoms with van der Waals surface area (Å²) in [5, 5.41) is 15.4. The van der Waals surface area contributed by atoms with Gasteiger partial charge >= 0.3 is 0 Å². The average molecular weight is 354 g/mol. The Morgan fingerprint density at radius 2 is 2.29 bits per heavy atom. The van der Waals surface area contributed by atoms with E-state index in [4.69, 9.17) is 0 Å². The number of nitrogens with one attached hydrogen (secondary N) is 2. The Labute approximate surface area is 130 Å². The van der Waals surface area contributed by atoms with Crippen molar-refractivity contribution >= 4 is 39.1 Å². The molecule has 7 heteroatoms. The minimum atomic E-state index is -1.10. The van der Waals surface area contributed by atoms with E-state index in [2.05, 4.69) is 31.5 Å². The van der Waals surface area contributed by atoms with Crippen LogP contribution in [0.5, 0.6) is 0 Å². The average Bonchev–Trinajstić information content (AvgIpc) is 2.96. The van der Waals surface area contributed by atoms with Crippen molar-refractivity contribution in [2.45, 2.75) is 25.5 Å². The molecule has 1 fully saturated rings. The van der Waals surface area contributed by atoms with Gasteiger partial charge in [0.1, 0.15) is 0 Å². The van der Waals surface area contributed by atoms with E-state index in [0.29, 0.717) is 11.3 Å². The summed E-state index contributed by atoms with van der Waals surface area (Å²) in [6.07, 6.45) is -0.214. The molecule has 0 spiro atoms. The summed E-state index contributed by atoms with van der Waals surface area (Å²) in [6.45, 7) is 3.08. The molecule has 0 aromatic heterocycles. The van der Waals surface area contributed by atoms with E-state index in [0.717, 1.165) is 29.7 Å². The molecule has 1 saturated heterocycles. The number of rotatable bonds is 2. The number of anilines is 2. The molecule has 2 heterocycles. The van der Waals surface area contributed by atoms with Gasteiger partial charge in [-0.1, -0.05) is 0 Å². The summed E-state index contributed by atoms with van der Waals surface area (Å²) < 4.78 is 0.834. The van der Waals surface area contributed by atoms with E-state index in [-0.39, 0.29) is 11.9 Å². The number of benzene rings is 1. The Bertz CT molecular complexity index is 620. The van der Waals surface area contributed by atoms with E-state index >= 15 is 0 Å². The highest BCUT2D eigenvalue weighted by Gasteiger charge is 2.31. The lowest BCUT2D eigenvalue weighted by atomic mass is 10.1. The molecular weight excluding hydrogens is 338 g/mol. The number of carbonyl (C=O) groups is 2. The van der Waals surface area contributed by atoms with Crippen molar-refractivity contribution in [1.29, 1.82) is 0 Å². The zero-order chi connectivity index (χ0) is 15.1. The second-order valence-electron chi connectivity index (χ2n) is 5.41. The maximum Gasteiger partial charge on any atom is 0.257 e. The Morgan fingerprint density at radius 3 is 3.00 bits per heavy atom. The molecular formula is C14H16BrN3O3. The fraction of sp³-hybridized carbons (Fsp3) is 0.429. The van der Waals surface area contributed by atoms with E-state index in [1.54, 1.807) is 6.07 Å². The molecule has 2 aliphatic rings. The minimum Gasteiger partial charge on any atom is -0.378 e. The number of aliphatic hydroxyl groups excluding tert-OH is 1. The normalized spacial score (nSPS) is 24.0. The number of aliphatic hydroxyl groups is 1. The summed E-state index contributed by atoms with van der Waals surface area (Å²) in [4.78, 5) is 24.8. The summed E-state index contributed by atoms with van der Waals surface area (Å²) in [5.74, 6) is -0.420. The van der Waals surface area contributed by atoms with Crippen LogP contribution in [0.3, 0.4) is 0 Å². The highest BCUT2D eigenvalue weighted by Crippen LogP contribution is 2.39. The van der Waals surface area contributed by atoms with Gasteiger partial charge in [-0.25, -0.2) is 0 Å². The highest BCUT2D eigenvalue weighted by atomic mass is 79.9. The molecule has 2 atom stereocenters. The van der Waals surface area contributed by atoms with Gasteiger partial charge in [-0.05, 0) is 34.5 Å². The third-order valence-corrected chi connectivity index (χ3v) is 4.49. The first-order valence-corrected chi connectivity index (χ1v) is 7.59. The van der Waals surface area contributed by atoms with E-state index in [9.17, 15) is 14.7 Å². The summed E-state index contributed by atoms with van der Waals surface area (Å²) >= 11 is 3.50. The summed E-state index contributed by atoms with van der Waals surface area (Å²) in [6, 6.07) is 3.78. The van der Waals surface area contributed by atoms with Crippen LogP contribution in [0.4, 0.5) is 11.4 Å². The lowest BCUT2D eigenvalue weighted by Gasteiger charge is -2.21. The zero-order valence-electron chi connectivity index (χ0n) is 11.5. The molecule has 3 rings (SSSR count). The molecule has 2 unspecified atom stereocenters. The molecule has 1 aromatic carbocycles. The van der Waals surface area contributed by atoms with Crippen LogP contribution in [0.2, 0.25) is 0 Å². The number of halogens is 1. The van der Waals surface area contributed by atoms with Crippen LogP contribution in [-0.4, -0.2) is 36.1 Å². The monoisotopic (exact) mass is 353 g/mol. The maximum absolute atomic E-state index is 11.5. The predicted molar refractivity (Wildman–Crippen MR) is 82.2 cm³/mol. The molecule has 0 bridgehead atoms. The lowest BCUT2D eigenvalue weighted by molar-refractivity contribution is -0.123. The van der Waals surface area contributed by atoms with Gasteiger partial charge in [0.05, 0.1) is 5.69 Å². The van der Waals surface area contributed by atoms with Gasteiger partial charge in [0.15, 0.2) is 6.10 Å². The Kier molecular flexibility index (Phi) is 3.62. The number of hydrogen-bond acceptors (Lipinski definition) is 4. The molecule has 2 amide bonds. The second kappa shape index (κ2) is 5.31. The van der Waals surface area contributed by atoms with Crippen molar-refractivity contribution in [3.63, 3.8) is 0 Å². The summed E-state index contributed by atoms with van der Waals surface area (Å²) in [5.41, 5.74) is 2.19. The second-order valence-corrected chi connectivity index (χ2v) is 6.27. The lowest BCUT2D eigenvalue weighted by Crippen LogP contribution is -2.35. The van der Waals surface area contributed by atoms with Gasteiger partial charge in [0.25, 0.3) is 5.91 Å². The fourth-order valence-corrected chi connectivity index (χ4v) is 3.49. The van der Waals surface area contributed by atoms with Gasteiger partial charge < -0.3 is 20.6 Å². The van der Waals surface area contributed by atoms with Crippen LogP contribution in [-0.2, 0) is 9.59 Å². The first-order chi connectivity index (χ1) is 9.95. The number of fused-ring (bicyclic) bond motifs is 1. The zero-order valence-corrected chi connectivity index (χ0v) is 13.1. The molecule has 3 N–H and O–H groups in total. The van der Waals surface area contributed by atoms with Crippen molar-refractivity contribution in [1.82, 2.24) is 5.32 Å². The van der Waals surface area contributed by atoms with Gasteiger partial charge in [-0.15, -0.1) is 0 Å². The number of hydrogen-bond donors (Lipinski definition) is 3. The Morgan fingerprint density at radius 1 is 1.52 bits per heavy atom. The first-order valence-electron chi connectivity index (χ1n) is 6.80. The highest BCUT2D eigenvalue weighted by molar-refractivity contribution is 9.10. The van der Waals surface area contributed by atoms with E-state index in [1.165, 1.54) is 6.92 Å². The smallest absolute Gasteiger partial charge is 0.257 e. The van der Waals surface area contributed by atoms with Crippen LogP contribution >= 0.6 is 15.9 Å². The SMILES string of the molecule is CC(=O)NC1CCN(c2cc3c(cc2Br)C(O)C(=O)N3)C1. The van der Waals surface area contributed by atoms with Crippen molar-refractivity contribution in [3.05, 3.63) is 22.2 Å². The van der Waals surface area contributed by atoms with Gasteiger partial charge in [-0.3, -0.25) is 9.59 Å². The fourth-order valence-electron chi connectivity index (χ4n) is 2.88. The van der Waals surface area contributed by atoms with Crippen molar-refractivity contribution < 1.29 is 14.7 Å². The maximum atomic E-state index is 11.5. The van der Waals surface area contributed by atoms with E-state index in [1.807, 2.05) is 6.07 Å². The van der Waals surface area contributed by atoms with Gasteiger partial charge in [-0.2, -0.15) is 0 Å². The van der Waals surface area contributed by atoms with E-state index < -0.39 is 12.0 Å². The number of amides is 2. The van der Waals surface area contributed by atoms with Crippen molar-refractivity contribution in [2.24, 2.45) is 0 Å². The summed E-state index contributed by atoms with van der Waals surface area (Å²) in [7, 11) is 0. The minimum absolute atomic E-state index is 0.0229. The molecule has 0 aliphatic carbocycles. The van der Waals surface area contributed by atoms with Crippen LogP contribution < -0.4 is 15.5 Å². The van der Waals surface area contributed by atoms with Crippen LogP contribution in [0.1, 0.15) is 25.0 Å². The first kappa shape index (κ1) is 14.3. The number of carbonyl (C=O) groups excluding carboxylic acids is 2. The third-order valence-electron chi connectivity index (χ3n) is 3.86. The molecule has 1 aromatic rings. The Hall–Kier alpha value is -1.60. The molecule has 2 aliphatic heterocycles. The van der Waals surface area contributed by atoms with Gasteiger partial charge in [0.2, 0.25) is 5.91 Å².